The summed E-state index contributed by atoms with van der Waals surface area (Å²) in [5, 5.41) is 7.41. The van der Waals surface area contributed by atoms with Gasteiger partial charge in [-0.2, -0.15) is 4.98 Å². The summed E-state index contributed by atoms with van der Waals surface area (Å²) >= 11 is 0. The number of hydrogen-bond acceptors (Lipinski definition) is 6. The molecule has 6 nitrogen and oxygen atoms in total. The highest BCUT2D eigenvalue weighted by atomic mass is 35.5. The lowest BCUT2D eigenvalue weighted by Crippen LogP contribution is -2.40. The van der Waals surface area contributed by atoms with Gasteiger partial charge in [-0.15, -0.1) is 12.4 Å². The molecule has 2 heterocycles. The first kappa shape index (κ1) is 17.7. The van der Waals surface area contributed by atoms with Gasteiger partial charge < -0.3 is 14.6 Å². The van der Waals surface area contributed by atoms with Crippen molar-refractivity contribution < 1.29 is 9.26 Å². The van der Waals surface area contributed by atoms with Gasteiger partial charge in [0.15, 0.2) is 0 Å². The van der Waals surface area contributed by atoms with E-state index in [1.807, 2.05) is 31.3 Å². The Kier molecular flexibility index (Phi) is 6.38. The molecule has 7 heteroatoms. The Hall–Kier alpha value is -1.63. The monoisotopic (exact) mass is 338 g/mol. The summed E-state index contributed by atoms with van der Waals surface area (Å²) in [4.78, 5) is 6.85. The minimum atomic E-state index is 0. The fraction of sp³-hybridized carbons (Fsp3) is 0.500. The van der Waals surface area contributed by atoms with Crippen molar-refractivity contribution in [1.29, 1.82) is 0 Å². The number of nitrogens with one attached hydrogen (secondary N) is 1. The van der Waals surface area contributed by atoms with E-state index in [0.29, 0.717) is 17.8 Å². The predicted molar refractivity (Wildman–Crippen MR) is 90.9 cm³/mol. The second-order valence-electron chi connectivity index (χ2n) is 5.58. The average Bonchev–Trinajstić information content (AvgIpc) is 3.04. The van der Waals surface area contributed by atoms with E-state index in [0.717, 1.165) is 43.8 Å². The lowest BCUT2D eigenvalue weighted by molar-refractivity contribution is 0.173. The van der Waals surface area contributed by atoms with E-state index >= 15 is 0 Å². The van der Waals surface area contributed by atoms with Crippen molar-refractivity contribution in [3.05, 3.63) is 30.2 Å². The highest BCUT2D eigenvalue weighted by Gasteiger charge is 2.20. The molecule has 1 aliphatic heterocycles. The zero-order valence-corrected chi connectivity index (χ0v) is 14.3. The Bertz CT molecular complexity index is 594. The molecule has 126 valence electrons. The van der Waals surface area contributed by atoms with Gasteiger partial charge >= 0.3 is 0 Å². The van der Waals surface area contributed by atoms with E-state index in [1.54, 1.807) is 7.11 Å². The number of piperidine rings is 1. The molecule has 1 aliphatic rings. The molecular formula is C16H23ClN4O2. The van der Waals surface area contributed by atoms with Crippen LogP contribution in [0, 0.1) is 0 Å². The second kappa shape index (κ2) is 8.29. The number of methoxy groups -OCH3 is 1. The third kappa shape index (κ3) is 4.43. The normalized spacial score (nSPS) is 16.1. The molecule has 0 aliphatic carbocycles. The Morgan fingerprint density at radius 1 is 1.26 bits per heavy atom. The van der Waals surface area contributed by atoms with Crippen molar-refractivity contribution in [2.24, 2.45) is 0 Å². The second-order valence-corrected chi connectivity index (χ2v) is 5.58. The van der Waals surface area contributed by atoms with Crippen LogP contribution in [0.25, 0.3) is 11.4 Å². The number of nitrogens with zero attached hydrogens (tertiary/aromatic N) is 3. The van der Waals surface area contributed by atoms with E-state index in [4.69, 9.17) is 9.26 Å². The van der Waals surface area contributed by atoms with E-state index in [9.17, 15) is 0 Å². The maximum absolute atomic E-state index is 5.38. The number of rotatable bonds is 5. The molecule has 2 aromatic rings. The van der Waals surface area contributed by atoms with Crippen LogP contribution in [0.2, 0.25) is 0 Å². The molecule has 1 aromatic heterocycles. The molecule has 1 fully saturated rings. The van der Waals surface area contributed by atoms with Crippen LogP contribution in [0.5, 0.6) is 5.75 Å². The van der Waals surface area contributed by atoms with Crippen molar-refractivity contribution in [3.8, 4) is 17.1 Å². The van der Waals surface area contributed by atoms with Gasteiger partial charge in [-0.25, -0.2) is 0 Å². The fourth-order valence-corrected chi connectivity index (χ4v) is 2.75. The first-order valence-corrected chi connectivity index (χ1v) is 7.65. The van der Waals surface area contributed by atoms with Crippen LogP contribution in [-0.4, -0.2) is 48.3 Å². The third-order valence-electron chi connectivity index (χ3n) is 4.17. The van der Waals surface area contributed by atoms with Crippen LogP contribution in [0.1, 0.15) is 18.7 Å². The van der Waals surface area contributed by atoms with Gasteiger partial charge in [0.25, 0.3) is 0 Å². The van der Waals surface area contributed by atoms with Crippen LogP contribution in [-0.2, 0) is 6.54 Å². The zero-order chi connectivity index (χ0) is 15.4. The van der Waals surface area contributed by atoms with Crippen molar-refractivity contribution >= 4 is 12.4 Å². The van der Waals surface area contributed by atoms with Crippen molar-refractivity contribution in [2.45, 2.75) is 25.4 Å². The van der Waals surface area contributed by atoms with Gasteiger partial charge in [-0.1, -0.05) is 5.16 Å². The lowest BCUT2D eigenvalue weighted by Gasteiger charge is -2.30. The number of ether oxygens (including phenoxy) is 1. The van der Waals surface area contributed by atoms with Gasteiger partial charge in [0.2, 0.25) is 11.7 Å². The zero-order valence-electron chi connectivity index (χ0n) is 13.5. The molecule has 23 heavy (non-hydrogen) atoms. The number of halogens is 1. The number of benzene rings is 1. The van der Waals surface area contributed by atoms with Crippen molar-refractivity contribution in [2.75, 3.05) is 27.2 Å². The van der Waals surface area contributed by atoms with Crippen molar-refractivity contribution in [3.63, 3.8) is 0 Å². The Morgan fingerprint density at radius 3 is 2.57 bits per heavy atom. The summed E-state index contributed by atoms with van der Waals surface area (Å²) < 4.78 is 10.5. The van der Waals surface area contributed by atoms with E-state index in [1.165, 1.54) is 0 Å². The first-order chi connectivity index (χ1) is 10.8. The number of aromatic nitrogens is 2. The Morgan fingerprint density at radius 2 is 1.96 bits per heavy atom. The maximum atomic E-state index is 5.38. The molecule has 0 atom stereocenters. The van der Waals surface area contributed by atoms with Crippen LogP contribution in [0.15, 0.2) is 28.8 Å². The summed E-state index contributed by atoms with van der Waals surface area (Å²) in [6.45, 7) is 2.84. The predicted octanol–water partition coefficient (Wildman–Crippen LogP) is 2.35. The topological polar surface area (TPSA) is 63.4 Å². The Balaban J connectivity index is 0.00000192. The molecule has 0 saturated carbocycles. The maximum Gasteiger partial charge on any atom is 0.241 e. The quantitative estimate of drug-likeness (QED) is 0.903. The molecule has 1 aromatic carbocycles. The van der Waals surface area contributed by atoms with E-state index in [-0.39, 0.29) is 12.4 Å². The first-order valence-electron chi connectivity index (χ1n) is 7.65. The van der Waals surface area contributed by atoms with Crippen molar-refractivity contribution in [1.82, 2.24) is 20.4 Å². The fourth-order valence-electron chi connectivity index (χ4n) is 2.75. The minimum absolute atomic E-state index is 0. The average molecular weight is 339 g/mol. The third-order valence-corrected chi connectivity index (χ3v) is 4.17. The van der Waals surface area contributed by atoms with Gasteiger partial charge in [0, 0.05) is 24.7 Å². The summed E-state index contributed by atoms with van der Waals surface area (Å²) in [5.74, 6) is 2.12. The summed E-state index contributed by atoms with van der Waals surface area (Å²) in [6, 6.07) is 8.30. The highest BCUT2D eigenvalue weighted by molar-refractivity contribution is 5.85. The van der Waals surface area contributed by atoms with Crippen LogP contribution < -0.4 is 10.1 Å². The molecular weight excluding hydrogens is 316 g/mol. The molecule has 0 bridgehead atoms. The van der Waals surface area contributed by atoms with Gasteiger partial charge in [0.05, 0.1) is 13.7 Å². The van der Waals surface area contributed by atoms with E-state index in [2.05, 4.69) is 20.4 Å². The molecule has 0 radical (unpaired) electrons. The standard InChI is InChI=1S/C16H22N4O2.ClH/c1-17-13-7-9-20(10-8-13)11-15-18-16(19-22-15)12-3-5-14(21-2)6-4-12;/h3-6,13,17H,7-11H2,1-2H3;1H. The summed E-state index contributed by atoms with van der Waals surface area (Å²) in [5.41, 5.74) is 0.935. The number of hydrogen-bond donors (Lipinski definition) is 1. The molecule has 1 saturated heterocycles. The molecule has 1 N–H and O–H groups in total. The summed E-state index contributed by atoms with van der Waals surface area (Å²) in [6.07, 6.45) is 2.33. The highest BCUT2D eigenvalue weighted by Crippen LogP contribution is 2.20. The van der Waals surface area contributed by atoms with Gasteiger partial charge in [-0.3, -0.25) is 4.90 Å². The SMILES string of the molecule is CNC1CCN(Cc2nc(-c3ccc(OC)cc3)no2)CC1.Cl. The summed E-state index contributed by atoms with van der Waals surface area (Å²) in [7, 11) is 3.68. The molecule has 0 unspecified atom stereocenters. The minimum Gasteiger partial charge on any atom is -0.497 e. The van der Waals surface area contributed by atoms with Crippen LogP contribution in [0.3, 0.4) is 0 Å². The van der Waals surface area contributed by atoms with Crippen LogP contribution in [0.4, 0.5) is 0 Å². The Labute approximate surface area is 142 Å². The van der Waals surface area contributed by atoms with Gasteiger partial charge in [0.1, 0.15) is 5.75 Å². The smallest absolute Gasteiger partial charge is 0.241 e. The molecule has 0 spiro atoms. The van der Waals surface area contributed by atoms with Crippen LogP contribution >= 0.6 is 12.4 Å². The van der Waals surface area contributed by atoms with Gasteiger partial charge in [-0.05, 0) is 44.2 Å². The molecule has 0 amide bonds. The lowest BCUT2D eigenvalue weighted by atomic mass is 10.1. The molecule has 3 rings (SSSR count). The largest absolute Gasteiger partial charge is 0.497 e. The number of likely N-dealkylation sites (tertiary alicyclic amines) is 1. The van der Waals surface area contributed by atoms with E-state index < -0.39 is 0 Å².